The van der Waals surface area contributed by atoms with Crippen molar-refractivity contribution in [2.75, 3.05) is 10.6 Å². The number of hydrogen-bond acceptors (Lipinski definition) is 4. The van der Waals surface area contributed by atoms with Crippen LogP contribution in [0.2, 0.25) is 5.02 Å². The van der Waals surface area contributed by atoms with Crippen LogP contribution in [0.25, 0.3) is 0 Å². The van der Waals surface area contributed by atoms with Crippen molar-refractivity contribution in [3.63, 3.8) is 0 Å². The maximum atomic E-state index is 12.4. The molecule has 10 heteroatoms. The third kappa shape index (κ3) is 5.79. The highest BCUT2D eigenvalue weighted by atomic mass is 79.9. The van der Waals surface area contributed by atoms with E-state index in [9.17, 15) is 13.2 Å². The standard InChI is InChI=1S/C20H15BrClN3O3S2/c21-14-6-11-18(17(22)12-14)24-20(29)23-15-7-9-16(10-8-15)30(27,28)25-19(26)13-4-2-1-3-5-13/h1-12H,(H,25,26)(H2,23,24,29). The number of thiocarbonyl (C=S) groups is 1. The van der Waals surface area contributed by atoms with Gasteiger partial charge in [-0.25, -0.2) is 13.1 Å². The first kappa shape index (κ1) is 22.2. The van der Waals surface area contributed by atoms with E-state index in [1.807, 2.05) is 10.8 Å². The van der Waals surface area contributed by atoms with Crippen molar-refractivity contribution in [3.8, 4) is 0 Å². The Balaban J connectivity index is 1.65. The highest BCUT2D eigenvalue weighted by Crippen LogP contribution is 2.26. The van der Waals surface area contributed by atoms with E-state index in [2.05, 4.69) is 26.6 Å². The number of hydrogen-bond donors (Lipinski definition) is 3. The number of rotatable bonds is 5. The molecule has 3 rings (SSSR count). The van der Waals surface area contributed by atoms with Crippen LogP contribution in [0.1, 0.15) is 10.4 Å². The Morgan fingerprint density at radius 3 is 2.23 bits per heavy atom. The predicted octanol–water partition coefficient (Wildman–Crippen LogP) is 5.03. The van der Waals surface area contributed by atoms with Gasteiger partial charge >= 0.3 is 0 Å². The van der Waals surface area contributed by atoms with Crippen molar-refractivity contribution >= 4 is 72.2 Å². The molecule has 0 saturated heterocycles. The van der Waals surface area contributed by atoms with Gasteiger partial charge in [0.2, 0.25) is 0 Å². The largest absolute Gasteiger partial charge is 0.332 e. The van der Waals surface area contributed by atoms with Crippen LogP contribution in [0.3, 0.4) is 0 Å². The van der Waals surface area contributed by atoms with Gasteiger partial charge in [0.25, 0.3) is 15.9 Å². The SMILES string of the molecule is O=C(NS(=O)(=O)c1ccc(NC(=S)Nc2ccc(Br)cc2Cl)cc1)c1ccccc1. The molecule has 0 aliphatic carbocycles. The fourth-order valence-electron chi connectivity index (χ4n) is 2.42. The van der Waals surface area contributed by atoms with Gasteiger partial charge in [-0.2, -0.15) is 0 Å². The van der Waals surface area contributed by atoms with Gasteiger partial charge in [0, 0.05) is 15.7 Å². The number of carbonyl (C=O) groups excluding carboxylic acids is 1. The molecule has 0 spiro atoms. The van der Waals surface area contributed by atoms with Gasteiger partial charge in [0.1, 0.15) is 0 Å². The van der Waals surface area contributed by atoms with Crippen LogP contribution in [0, 0.1) is 0 Å². The molecule has 0 fully saturated rings. The summed E-state index contributed by atoms with van der Waals surface area (Å²) in [5, 5.41) is 6.69. The third-order valence-corrected chi connectivity index (χ3v) is 6.22. The van der Waals surface area contributed by atoms with E-state index in [1.54, 1.807) is 42.5 Å². The van der Waals surface area contributed by atoms with Crippen LogP contribution in [0.15, 0.2) is 82.2 Å². The lowest BCUT2D eigenvalue weighted by molar-refractivity contribution is 0.0981. The first-order valence-electron chi connectivity index (χ1n) is 8.50. The molecule has 3 N–H and O–H groups in total. The van der Waals surface area contributed by atoms with E-state index in [-0.39, 0.29) is 15.6 Å². The molecule has 0 atom stereocenters. The zero-order valence-electron chi connectivity index (χ0n) is 15.2. The van der Waals surface area contributed by atoms with Crippen LogP contribution in [-0.2, 0) is 10.0 Å². The van der Waals surface area contributed by atoms with Gasteiger partial charge < -0.3 is 10.6 Å². The summed E-state index contributed by atoms with van der Waals surface area (Å²) in [6.45, 7) is 0. The van der Waals surface area contributed by atoms with Crippen molar-refractivity contribution in [1.29, 1.82) is 0 Å². The number of nitrogens with one attached hydrogen (secondary N) is 3. The van der Waals surface area contributed by atoms with Gasteiger partial charge in [0.15, 0.2) is 5.11 Å². The summed E-state index contributed by atoms with van der Waals surface area (Å²) in [6.07, 6.45) is 0. The fraction of sp³-hybridized carbons (Fsp3) is 0. The van der Waals surface area contributed by atoms with Crippen molar-refractivity contribution < 1.29 is 13.2 Å². The highest BCUT2D eigenvalue weighted by Gasteiger charge is 2.18. The average Bonchev–Trinajstić information content (AvgIpc) is 2.71. The van der Waals surface area contributed by atoms with Crippen molar-refractivity contribution in [2.45, 2.75) is 4.90 Å². The quantitative estimate of drug-likeness (QED) is 0.406. The minimum atomic E-state index is -4.01. The van der Waals surface area contributed by atoms with Gasteiger partial charge in [-0.05, 0) is 66.8 Å². The Morgan fingerprint density at radius 2 is 1.60 bits per heavy atom. The second kappa shape index (κ2) is 9.57. The fourth-order valence-corrected chi connectivity index (χ4v) is 4.34. The Morgan fingerprint density at radius 1 is 0.933 bits per heavy atom. The normalized spacial score (nSPS) is 10.9. The minimum Gasteiger partial charge on any atom is -0.332 e. The molecular formula is C20H15BrClN3O3S2. The number of carbonyl (C=O) groups is 1. The molecule has 0 aliphatic rings. The summed E-state index contributed by atoms with van der Waals surface area (Å²) in [7, 11) is -4.01. The topological polar surface area (TPSA) is 87.3 Å². The number of sulfonamides is 1. The Bertz CT molecular complexity index is 1190. The predicted molar refractivity (Wildman–Crippen MR) is 127 cm³/mol. The summed E-state index contributed by atoms with van der Waals surface area (Å²) in [4.78, 5) is 12.1. The van der Waals surface area contributed by atoms with Crippen molar-refractivity contribution in [1.82, 2.24) is 4.72 Å². The van der Waals surface area contributed by atoms with E-state index in [4.69, 9.17) is 23.8 Å². The molecular weight excluding hydrogens is 510 g/mol. The lowest BCUT2D eigenvalue weighted by atomic mass is 10.2. The molecule has 0 aromatic heterocycles. The second-order valence-electron chi connectivity index (χ2n) is 6.03. The highest BCUT2D eigenvalue weighted by molar-refractivity contribution is 9.10. The number of amides is 1. The lowest BCUT2D eigenvalue weighted by Crippen LogP contribution is -2.30. The van der Waals surface area contributed by atoms with E-state index in [1.165, 1.54) is 24.3 Å². The Kier molecular flexibility index (Phi) is 7.09. The average molecular weight is 525 g/mol. The van der Waals surface area contributed by atoms with Crippen molar-refractivity contribution in [3.05, 3.63) is 87.9 Å². The number of anilines is 2. The van der Waals surface area contributed by atoms with Crippen LogP contribution < -0.4 is 15.4 Å². The maximum absolute atomic E-state index is 12.4. The second-order valence-corrected chi connectivity index (χ2v) is 9.44. The molecule has 0 saturated carbocycles. The lowest BCUT2D eigenvalue weighted by Gasteiger charge is -2.12. The molecule has 0 bridgehead atoms. The molecule has 154 valence electrons. The van der Waals surface area contributed by atoms with E-state index >= 15 is 0 Å². The van der Waals surface area contributed by atoms with Gasteiger partial charge in [-0.1, -0.05) is 45.7 Å². The summed E-state index contributed by atoms with van der Waals surface area (Å²) in [5.74, 6) is -0.699. The summed E-state index contributed by atoms with van der Waals surface area (Å²) >= 11 is 14.7. The molecule has 1 amide bonds. The van der Waals surface area contributed by atoms with Crippen LogP contribution in [-0.4, -0.2) is 19.4 Å². The van der Waals surface area contributed by atoms with E-state index in [0.717, 1.165) is 4.47 Å². The molecule has 3 aromatic carbocycles. The summed E-state index contributed by atoms with van der Waals surface area (Å²) in [5.41, 5.74) is 1.44. The smallest absolute Gasteiger partial charge is 0.264 e. The summed E-state index contributed by atoms with van der Waals surface area (Å²) < 4.78 is 27.8. The minimum absolute atomic E-state index is 0.0489. The number of benzene rings is 3. The first-order valence-corrected chi connectivity index (χ1v) is 11.6. The molecule has 30 heavy (non-hydrogen) atoms. The zero-order chi connectivity index (χ0) is 21.7. The zero-order valence-corrected chi connectivity index (χ0v) is 19.2. The van der Waals surface area contributed by atoms with Crippen LogP contribution in [0.5, 0.6) is 0 Å². The first-order chi connectivity index (χ1) is 14.2. The van der Waals surface area contributed by atoms with Gasteiger partial charge in [-0.3, -0.25) is 4.79 Å². The van der Waals surface area contributed by atoms with Crippen LogP contribution >= 0.6 is 39.7 Å². The molecule has 0 heterocycles. The van der Waals surface area contributed by atoms with Gasteiger partial charge in [-0.15, -0.1) is 0 Å². The molecule has 6 nitrogen and oxygen atoms in total. The van der Waals surface area contributed by atoms with E-state index < -0.39 is 15.9 Å². The van der Waals surface area contributed by atoms with Crippen LogP contribution in [0.4, 0.5) is 11.4 Å². The Hall–Kier alpha value is -2.46. The molecule has 0 aliphatic heterocycles. The third-order valence-electron chi connectivity index (χ3n) is 3.86. The van der Waals surface area contributed by atoms with E-state index in [0.29, 0.717) is 16.4 Å². The maximum Gasteiger partial charge on any atom is 0.264 e. The molecule has 0 radical (unpaired) electrons. The van der Waals surface area contributed by atoms with Crippen molar-refractivity contribution in [2.24, 2.45) is 0 Å². The monoisotopic (exact) mass is 523 g/mol. The van der Waals surface area contributed by atoms with Gasteiger partial charge in [0.05, 0.1) is 15.6 Å². The Labute approximate surface area is 192 Å². The molecule has 3 aromatic rings. The summed E-state index contributed by atoms with van der Waals surface area (Å²) in [6, 6.07) is 19.3. The number of halogens is 2. The molecule has 0 unspecified atom stereocenters.